The van der Waals surface area contributed by atoms with Gasteiger partial charge in [0.25, 0.3) is 0 Å². The number of aromatic nitrogens is 2. The lowest BCUT2D eigenvalue weighted by molar-refractivity contribution is 0.369. The SMILES string of the molecule is CCCc1nc(CC(C)(C)CN)[nH]c1C. The van der Waals surface area contributed by atoms with E-state index in [0.29, 0.717) is 6.54 Å². The maximum Gasteiger partial charge on any atom is 0.107 e. The zero-order valence-corrected chi connectivity index (χ0v) is 10.4. The highest BCUT2D eigenvalue weighted by molar-refractivity contribution is 5.13. The van der Waals surface area contributed by atoms with Gasteiger partial charge in [-0.1, -0.05) is 27.2 Å². The molecule has 0 spiro atoms. The van der Waals surface area contributed by atoms with Gasteiger partial charge in [0, 0.05) is 12.1 Å². The van der Waals surface area contributed by atoms with Gasteiger partial charge in [0.05, 0.1) is 5.69 Å². The quantitative estimate of drug-likeness (QED) is 0.781. The normalized spacial score (nSPS) is 12.1. The van der Waals surface area contributed by atoms with Gasteiger partial charge >= 0.3 is 0 Å². The molecule has 15 heavy (non-hydrogen) atoms. The number of nitrogens with zero attached hydrogens (tertiary/aromatic N) is 1. The van der Waals surface area contributed by atoms with Gasteiger partial charge in [-0.05, 0) is 25.3 Å². The molecule has 0 saturated carbocycles. The smallest absolute Gasteiger partial charge is 0.107 e. The molecule has 1 heterocycles. The van der Waals surface area contributed by atoms with Crippen LogP contribution in [0.4, 0.5) is 0 Å². The Bertz CT molecular complexity index is 313. The third-order valence-electron chi connectivity index (χ3n) is 2.72. The van der Waals surface area contributed by atoms with Crippen LogP contribution >= 0.6 is 0 Å². The summed E-state index contributed by atoms with van der Waals surface area (Å²) in [5.41, 5.74) is 8.27. The zero-order valence-electron chi connectivity index (χ0n) is 10.4. The summed E-state index contributed by atoms with van der Waals surface area (Å²) in [5, 5.41) is 0. The average Bonchev–Trinajstić information content (AvgIpc) is 2.47. The number of aryl methyl sites for hydroxylation is 2. The summed E-state index contributed by atoms with van der Waals surface area (Å²) in [6, 6.07) is 0. The Morgan fingerprint density at radius 2 is 2.07 bits per heavy atom. The van der Waals surface area contributed by atoms with Crippen molar-refractivity contribution in [3.05, 3.63) is 17.2 Å². The molecule has 0 bridgehead atoms. The number of nitrogens with one attached hydrogen (secondary N) is 1. The highest BCUT2D eigenvalue weighted by Crippen LogP contribution is 2.19. The van der Waals surface area contributed by atoms with E-state index in [1.54, 1.807) is 0 Å². The summed E-state index contributed by atoms with van der Waals surface area (Å²) in [5.74, 6) is 1.08. The van der Waals surface area contributed by atoms with Gasteiger partial charge in [0.2, 0.25) is 0 Å². The van der Waals surface area contributed by atoms with Crippen molar-refractivity contribution in [2.45, 2.75) is 47.0 Å². The Morgan fingerprint density at radius 3 is 2.60 bits per heavy atom. The van der Waals surface area contributed by atoms with Gasteiger partial charge in [-0.25, -0.2) is 4.98 Å². The highest BCUT2D eigenvalue weighted by atomic mass is 14.9. The molecular formula is C12H23N3. The molecule has 0 unspecified atom stereocenters. The Balaban J connectivity index is 2.75. The number of hydrogen-bond donors (Lipinski definition) is 2. The van der Waals surface area contributed by atoms with E-state index in [2.05, 4.69) is 37.7 Å². The molecule has 0 aliphatic heterocycles. The summed E-state index contributed by atoms with van der Waals surface area (Å²) in [7, 11) is 0. The molecule has 1 rings (SSSR count). The zero-order chi connectivity index (χ0) is 11.5. The maximum atomic E-state index is 5.72. The van der Waals surface area contributed by atoms with E-state index in [0.717, 1.165) is 25.1 Å². The second-order valence-corrected chi connectivity index (χ2v) is 5.05. The first-order valence-electron chi connectivity index (χ1n) is 5.73. The van der Waals surface area contributed by atoms with Gasteiger partial charge in [0.1, 0.15) is 5.82 Å². The fourth-order valence-electron chi connectivity index (χ4n) is 1.65. The minimum atomic E-state index is 0.133. The minimum absolute atomic E-state index is 0.133. The van der Waals surface area contributed by atoms with Crippen molar-refractivity contribution in [2.24, 2.45) is 11.1 Å². The standard InChI is InChI=1S/C12H23N3/c1-5-6-10-9(2)14-11(15-10)7-12(3,4)8-13/h5-8,13H2,1-4H3,(H,14,15). The van der Waals surface area contributed by atoms with Crippen LogP contribution in [0.5, 0.6) is 0 Å². The third-order valence-corrected chi connectivity index (χ3v) is 2.72. The number of H-pyrrole nitrogens is 1. The van der Waals surface area contributed by atoms with Gasteiger partial charge in [-0.3, -0.25) is 0 Å². The van der Waals surface area contributed by atoms with E-state index in [-0.39, 0.29) is 5.41 Å². The van der Waals surface area contributed by atoms with Gasteiger partial charge in [-0.2, -0.15) is 0 Å². The van der Waals surface area contributed by atoms with Crippen molar-refractivity contribution in [1.29, 1.82) is 0 Å². The predicted molar refractivity (Wildman–Crippen MR) is 63.9 cm³/mol. The molecule has 0 aliphatic carbocycles. The number of nitrogens with two attached hydrogens (primary N) is 1. The van der Waals surface area contributed by atoms with Crippen LogP contribution in [0, 0.1) is 12.3 Å². The van der Waals surface area contributed by atoms with Gasteiger partial charge in [-0.15, -0.1) is 0 Å². The van der Waals surface area contributed by atoms with E-state index in [9.17, 15) is 0 Å². The molecule has 1 aromatic heterocycles. The van der Waals surface area contributed by atoms with Crippen LogP contribution in [0.25, 0.3) is 0 Å². The van der Waals surface area contributed by atoms with Crippen molar-refractivity contribution >= 4 is 0 Å². The Hall–Kier alpha value is -0.830. The van der Waals surface area contributed by atoms with E-state index in [1.165, 1.54) is 11.4 Å². The molecule has 3 N–H and O–H groups in total. The average molecular weight is 209 g/mol. The van der Waals surface area contributed by atoms with Crippen molar-refractivity contribution in [2.75, 3.05) is 6.54 Å². The first kappa shape index (κ1) is 12.2. The van der Waals surface area contributed by atoms with Crippen LogP contribution in [0.15, 0.2) is 0 Å². The lowest BCUT2D eigenvalue weighted by Gasteiger charge is -2.20. The van der Waals surface area contributed by atoms with Crippen LogP contribution in [-0.2, 0) is 12.8 Å². The third kappa shape index (κ3) is 3.34. The molecule has 0 radical (unpaired) electrons. The molecule has 86 valence electrons. The van der Waals surface area contributed by atoms with Crippen molar-refractivity contribution in [1.82, 2.24) is 9.97 Å². The Kier molecular flexibility index (Phi) is 3.91. The molecule has 0 fully saturated rings. The van der Waals surface area contributed by atoms with Crippen LogP contribution in [0.1, 0.15) is 44.4 Å². The van der Waals surface area contributed by atoms with Crippen molar-refractivity contribution < 1.29 is 0 Å². The van der Waals surface area contributed by atoms with E-state index >= 15 is 0 Å². The first-order chi connectivity index (χ1) is 6.98. The van der Waals surface area contributed by atoms with Gasteiger partial charge < -0.3 is 10.7 Å². The monoisotopic (exact) mass is 209 g/mol. The van der Waals surface area contributed by atoms with Crippen LogP contribution in [0.2, 0.25) is 0 Å². The Labute approximate surface area is 92.5 Å². The maximum absolute atomic E-state index is 5.72. The first-order valence-corrected chi connectivity index (χ1v) is 5.73. The van der Waals surface area contributed by atoms with Crippen LogP contribution in [-0.4, -0.2) is 16.5 Å². The van der Waals surface area contributed by atoms with Gasteiger partial charge in [0.15, 0.2) is 0 Å². The molecular weight excluding hydrogens is 186 g/mol. The lowest BCUT2D eigenvalue weighted by Crippen LogP contribution is -2.26. The Morgan fingerprint density at radius 1 is 1.40 bits per heavy atom. The second-order valence-electron chi connectivity index (χ2n) is 5.05. The van der Waals surface area contributed by atoms with Crippen LogP contribution < -0.4 is 5.73 Å². The molecule has 3 heteroatoms. The van der Waals surface area contributed by atoms with Crippen LogP contribution in [0.3, 0.4) is 0 Å². The lowest BCUT2D eigenvalue weighted by atomic mass is 9.89. The summed E-state index contributed by atoms with van der Waals surface area (Å²) >= 11 is 0. The molecule has 3 nitrogen and oxygen atoms in total. The summed E-state index contributed by atoms with van der Waals surface area (Å²) in [6.07, 6.45) is 3.13. The number of rotatable bonds is 5. The number of imidazole rings is 1. The minimum Gasteiger partial charge on any atom is -0.346 e. The highest BCUT2D eigenvalue weighted by Gasteiger charge is 2.18. The fraction of sp³-hybridized carbons (Fsp3) is 0.750. The summed E-state index contributed by atoms with van der Waals surface area (Å²) in [4.78, 5) is 7.97. The fourth-order valence-corrected chi connectivity index (χ4v) is 1.65. The molecule has 0 aromatic carbocycles. The largest absolute Gasteiger partial charge is 0.346 e. The molecule has 0 atom stereocenters. The van der Waals surface area contributed by atoms with Crippen molar-refractivity contribution in [3.63, 3.8) is 0 Å². The topological polar surface area (TPSA) is 54.7 Å². The van der Waals surface area contributed by atoms with E-state index in [4.69, 9.17) is 5.73 Å². The van der Waals surface area contributed by atoms with E-state index < -0.39 is 0 Å². The molecule has 0 saturated heterocycles. The summed E-state index contributed by atoms with van der Waals surface area (Å²) < 4.78 is 0. The second kappa shape index (κ2) is 4.79. The van der Waals surface area contributed by atoms with E-state index in [1.807, 2.05) is 0 Å². The number of hydrogen-bond acceptors (Lipinski definition) is 2. The number of aromatic amines is 1. The van der Waals surface area contributed by atoms with Crippen molar-refractivity contribution in [3.8, 4) is 0 Å². The summed E-state index contributed by atoms with van der Waals surface area (Å²) in [6.45, 7) is 9.30. The predicted octanol–water partition coefficient (Wildman–Crippen LogP) is 2.20. The molecule has 1 aromatic rings. The molecule has 0 aliphatic rings. The molecule has 0 amide bonds.